The van der Waals surface area contributed by atoms with Gasteiger partial charge < -0.3 is 10.2 Å². The molecule has 0 spiro atoms. The summed E-state index contributed by atoms with van der Waals surface area (Å²) in [5.41, 5.74) is 0. The number of hydrogen-bond acceptors (Lipinski definition) is 5. The summed E-state index contributed by atoms with van der Waals surface area (Å²) in [5.74, 6) is 1.55. The van der Waals surface area contributed by atoms with Gasteiger partial charge in [-0.25, -0.2) is 9.97 Å². The molecule has 1 heterocycles. The van der Waals surface area contributed by atoms with Crippen molar-refractivity contribution in [1.82, 2.24) is 9.97 Å². The van der Waals surface area contributed by atoms with Crippen molar-refractivity contribution in [3.8, 4) is 6.07 Å². The highest BCUT2D eigenvalue weighted by Gasteiger charge is 2.02. The van der Waals surface area contributed by atoms with Crippen molar-refractivity contribution >= 4 is 11.6 Å². The van der Waals surface area contributed by atoms with Crippen LogP contribution < -0.4 is 10.2 Å². The highest BCUT2D eigenvalue weighted by Crippen LogP contribution is 2.11. The predicted molar refractivity (Wildman–Crippen MR) is 59.7 cm³/mol. The SMILES string of the molecule is CCCNc1cc(N(C)CC#N)ncn1. The minimum absolute atomic E-state index is 0.324. The number of rotatable bonds is 5. The zero-order chi connectivity index (χ0) is 11.1. The number of aromatic nitrogens is 2. The molecule has 0 aromatic carbocycles. The first-order chi connectivity index (χ1) is 7.27. The molecule has 80 valence electrons. The summed E-state index contributed by atoms with van der Waals surface area (Å²) in [5, 5.41) is 11.7. The fourth-order valence-corrected chi connectivity index (χ4v) is 1.09. The summed E-state index contributed by atoms with van der Waals surface area (Å²) in [7, 11) is 1.83. The van der Waals surface area contributed by atoms with E-state index in [2.05, 4.69) is 28.3 Å². The Morgan fingerprint density at radius 3 is 3.00 bits per heavy atom. The lowest BCUT2D eigenvalue weighted by Gasteiger charge is -2.14. The fraction of sp³-hybridized carbons (Fsp3) is 0.500. The molecule has 1 N–H and O–H groups in total. The van der Waals surface area contributed by atoms with Crippen LogP contribution in [0.3, 0.4) is 0 Å². The van der Waals surface area contributed by atoms with Gasteiger partial charge in [-0.15, -0.1) is 0 Å². The van der Waals surface area contributed by atoms with E-state index in [4.69, 9.17) is 5.26 Å². The van der Waals surface area contributed by atoms with Gasteiger partial charge in [0.05, 0.1) is 6.07 Å². The van der Waals surface area contributed by atoms with Crippen molar-refractivity contribution < 1.29 is 0 Å². The van der Waals surface area contributed by atoms with E-state index in [0.717, 1.165) is 24.6 Å². The normalized spacial score (nSPS) is 9.40. The van der Waals surface area contributed by atoms with E-state index in [1.165, 1.54) is 6.33 Å². The second-order valence-corrected chi connectivity index (χ2v) is 3.20. The molecule has 1 aromatic rings. The molecule has 0 atom stereocenters. The van der Waals surface area contributed by atoms with E-state index in [1.54, 1.807) is 4.90 Å². The molecule has 0 amide bonds. The third kappa shape index (κ3) is 3.43. The molecular weight excluding hydrogens is 190 g/mol. The summed E-state index contributed by atoms with van der Waals surface area (Å²) in [6, 6.07) is 3.91. The van der Waals surface area contributed by atoms with E-state index >= 15 is 0 Å². The number of hydrogen-bond donors (Lipinski definition) is 1. The zero-order valence-corrected chi connectivity index (χ0v) is 9.06. The van der Waals surface area contributed by atoms with Crippen LogP contribution in [-0.2, 0) is 0 Å². The van der Waals surface area contributed by atoms with Gasteiger partial charge in [0.2, 0.25) is 0 Å². The molecule has 0 radical (unpaired) electrons. The third-order valence-corrected chi connectivity index (χ3v) is 1.91. The van der Waals surface area contributed by atoms with Gasteiger partial charge in [0.1, 0.15) is 24.5 Å². The topological polar surface area (TPSA) is 64.8 Å². The molecular formula is C10H15N5. The minimum atomic E-state index is 0.324. The lowest BCUT2D eigenvalue weighted by molar-refractivity contribution is 0.949. The zero-order valence-electron chi connectivity index (χ0n) is 9.06. The van der Waals surface area contributed by atoms with Crippen molar-refractivity contribution in [2.75, 3.05) is 30.4 Å². The standard InChI is InChI=1S/C10H15N5/c1-3-5-12-9-7-10(14-8-13-9)15(2)6-4-11/h7-8H,3,5-6H2,1-2H3,(H,12,13,14). The minimum Gasteiger partial charge on any atom is -0.370 e. The van der Waals surface area contributed by atoms with Crippen LogP contribution in [-0.4, -0.2) is 30.1 Å². The molecule has 0 saturated carbocycles. The van der Waals surface area contributed by atoms with Crippen molar-refractivity contribution in [2.24, 2.45) is 0 Å². The number of anilines is 2. The average Bonchev–Trinajstić information content (AvgIpc) is 2.27. The summed E-state index contributed by atoms with van der Waals surface area (Å²) in [6.07, 6.45) is 2.55. The molecule has 0 bridgehead atoms. The van der Waals surface area contributed by atoms with E-state index in [1.807, 2.05) is 13.1 Å². The van der Waals surface area contributed by atoms with Crippen LogP contribution in [0.1, 0.15) is 13.3 Å². The molecule has 0 aliphatic rings. The van der Waals surface area contributed by atoms with Gasteiger partial charge in [0, 0.05) is 19.7 Å². The van der Waals surface area contributed by atoms with E-state index in [0.29, 0.717) is 6.54 Å². The van der Waals surface area contributed by atoms with Crippen molar-refractivity contribution in [3.05, 3.63) is 12.4 Å². The number of nitrogens with zero attached hydrogens (tertiary/aromatic N) is 4. The van der Waals surface area contributed by atoms with Crippen molar-refractivity contribution in [1.29, 1.82) is 5.26 Å². The summed E-state index contributed by atoms with van der Waals surface area (Å²) < 4.78 is 0. The molecule has 1 rings (SSSR count). The molecule has 0 aliphatic carbocycles. The van der Waals surface area contributed by atoms with Gasteiger partial charge in [-0.2, -0.15) is 5.26 Å². The Kier molecular flexibility index (Phi) is 4.35. The maximum Gasteiger partial charge on any atom is 0.134 e. The second kappa shape index (κ2) is 5.81. The Balaban J connectivity index is 2.69. The second-order valence-electron chi connectivity index (χ2n) is 3.20. The Hall–Kier alpha value is -1.83. The summed E-state index contributed by atoms with van der Waals surface area (Å²) in [6.45, 7) is 3.31. The van der Waals surface area contributed by atoms with E-state index in [-0.39, 0.29) is 0 Å². The molecule has 0 fully saturated rings. The smallest absolute Gasteiger partial charge is 0.134 e. The number of nitriles is 1. The Morgan fingerprint density at radius 2 is 2.33 bits per heavy atom. The molecule has 0 saturated heterocycles. The maximum absolute atomic E-state index is 8.56. The molecule has 0 unspecified atom stereocenters. The van der Waals surface area contributed by atoms with Gasteiger partial charge in [-0.05, 0) is 6.42 Å². The van der Waals surface area contributed by atoms with Crippen LogP contribution in [0.15, 0.2) is 12.4 Å². The van der Waals surface area contributed by atoms with E-state index < -0.39 is 0 Å². The molecule has 5 nitrogen and oxygen atoms in total. The first-order valence-corrected chi connectivity index (χ1v) is 4.92. The van der Waals surface area contributed by atoms with Crippen molar-refractivity contribution in [2.45, 2.75) is 13.3 Å². The van der Waals surface area contributed by atoms with Crippen molar-refractivity contribution in [3.63, 3.8) is 0 Å². The fourth-order valence-electron chi connectivity index (χ4n) is 1.09. The lowest BCUT2D eigenvalue weighted by atomic mass is 10.4. The van der Waals surface area contributed by atoms with Gasteiger partial charge in [-0.3, -0.25) is 0 Å². The first-order valence-electron chi connectivity index (χ1n) is 4.92. The first kappa shape index (κ1) is 11.2. The molecule has 0 aliphatic heterocycles. The molecule has 5 heteroatoms. The van der Waals surface area contributed by atoms with Crippen LogP contribution in [0, 0.1) is 11.3 Å². The van der Waals surface area contributed by atoms with Crippen LogP contribution in [0.2, 0.25) is 0 Å². The quantitative estimate of drug-likeness (QED) is 0.733. The molecule has 1 aromatic heterocycles. The Bertz CT molecular complexity index is 344. The summed E-state index contributed by atoms with van der Waals surface area (Å²) in [4.78, 5) is 9.95. The highest BCUT2D eigenvalue weighted by atomic mass is 15.2. The van der Waals surface area contributed by atoms with Gasteiger partial charge in [0.15, 0.2) is 0 Å². The Morgan fingerprint density at radius 1 is 1.53 bits per heavy atom. The van der Waals surface area contributed by atoms with Crippen LogP contribution >= 0.6 is 0 Å². The summed E-state index contributed by atoms with van der Waals surface area (Å²) >= 11 is 0. The maximum atomic E-state index is 8.56. The van der Waals surface area contributed by atoms with E-state index in [9.17, 15) is 0 Å². The van der Waals surface area contributed by atoms with Gasteiger partial charge >= 0.3 is 0 Å². The monoisotopic (exact) mass is 205 g/mol. The van der Waals surface area contributed by atoms with Gasteiger partial charge in [-0.1, -0.05) is 6.92 Å². The highest BCUT2D eigenvalue weighted by molar-refractivity contribution is 5.48. The lowest BCUT2D eigenvalue weighted by Crippen LogP contribution is -2.18. The van der Waals surface area contributed by atoms with Crippen LogP contribution in [0.25, 0.3) is 0 Å². The third-order valence-electron chi connectivity index (χ3n) is 1.91. The van der Waals surface area contributed by atoms with Crippen LogP contribution in [0.4, 0.5) is 11.6 Å². The Labute approximate surface area is 89.8 Å². The van der Waals surface area contributed by atoms with Gasteiger partial charge in [0.25, 0.3) is 0 Å². The average molecular weight is 205 g/mol. The largest absolute Gasteiger partial charge is 0.370 e. The van der Waals surface area contributed by atoms with Crippen LogP contribution in [0.5, 0.6) is 0 Å². The predicted octanol–water partition coefficient (Wildman–Crippen LogP) is 1.26. The molecule has 15 heavy (non-hydrogen) atoms. The number of nitrogens with one attached hydrogen (secondary N) is 1.